The second-order valence-corrected chi connectivity index (χ2v) is 14.0. The first-order chi connectivity index (χ1) is 25.9. The van der Waals surface area contributed by atoms with E-state index in [0.29, 0.717) is 22.5 Å². The summed E-state index contributed by atoms with van der Waals surface area (Å²) in [6, 6.07) is 57.5. The Morgan fingerprint density at radius 2 is 0.755 bits per heavy atom. The van der Waals surface area contributed by atoms with Crippen molar-refractivity contribution in [2.24, 2.45) is 0 Å². The molecule has 0 radical (unpaired) electrons. The van der Waals surface area contributed by atoms with E-state index in [2.05, 4.69) is 97.1 Å². The topological polar surface area (TPSA) is 86.2 Å². The molecule has 0 spiro atoms. The van der Waals surface area contributed by atoms with E-state index in [4.69, 9.17) is 11.5 Å². The van der Waals surface area contributed by atoms with Crippen molar-refractivity contribution in [2.45, 2.75) is 18.3 Å². The Morgan fingerprint density at radius 1 is 0.415 bits per heavy atom. The van der Waals surface area contributed by atoms with Crippen LogP contribution in [0.5, 0.6) is 0 Å². The number of hydrogen-bond donors (Lipinski definition) is 2. The predicted molar refractivity (Wildman–Crippen MR) is 217 cm³/mol. The number of Topliss-reactive ketones (excluding diaryl/α,β-unsaturated/α-hetero) is 2. The van der Waals surface area contributed by atoms with Crippen LogP contribution in [-0.4, -0.2) is 11.6 Å². The van der Waals surface area contributed by atoms with E-state index in [1.54, 1.807) is 0 Å². The fourth-order valence-corrected chi connectivity index (χ4v) is 8.33. The highest BCUT2D eigenvalue weighted by molar-refractivity contribution is 6.07. The van der Waals surface area contributed by atoms with Crippen molar-refractivity contribution in [3.63, 3.8) is 0 Å². The average Bonchev–Trinajstić information content (AvgIpc) is 3.49. The molecule has 0 bridgehead atoms. The Hall–Kier alpha value is -6.78. The molecule has 53 heavy (non-hydrogen) atoms. The molecule has 8 aromatic rings. The molecule has 8 aromatic carbocycles. The lowest BCUT2D eigenvalue weighted by Gasteiger charge is -2.34. The summed E-state index contributed by atoms with van der Waals surface area (Å²) in [5.41, 5.74) is 23.0. The van der Waals surface area contributed by atoms with E-state index < -0.39 is 5.41 Å². The zero-order valence-electron chi connectivity index (χ0n) is 29.1. The zero-order valence-corrected chi connectivity index (χ0v) is 29.1. The molecular weight excluding hydrogens is 649 g/mol. The van der Waals surface area contributed by atoms with Crippen molar-refractivity contribution < 1.29 is 9.59 Å². The molecule has 0 amide bonds. The number of carbonyl (C=O) groups excluding carboxylic acids is 2. The quantitative estimate of drug-likeness (QED) is 0.123. The van der Waals surface area contributed by atoms with Gasteiger partial charge in [-0.05, 0) is 90.3 Å². The maximum atomic E-state index is 13.6. The summed E-state index contributed by atoms with van der Waals surface area (Å²) >= 11 is 0. The monoisotopic (exact) mass is 684 g/mol. The van der Waals surface area contributed by atoms with Crippen molar-refractivity contribution >= 4 is 44.5 Å². The zero-order chi connectivity index (χ0) is 36.1. The van der Waals surface area contributed by atoms with Gasteiger partial charge in [-0.25, -0.2) is 0 Å². The van der Waals surface area contributed by atoms with Crippen molar-refractivity contribution in [1.82, 2.24) is 0 Å². The number of nitrogens with two attached hydrogens (primary N) is 2. The standard InChI is InChI=1S/C49H36N2O2/c50-45-29-35-11-3-1-9-33(35)27-41(45)47(52)25-31-17-21-37(22-18-31)49(43-15-7-5-13-39(43)40-14-6-8-16-44(40)49)38-23-19-32(20-24-38)26-48(53)42-28-34-10-2-4-12-36(34)30-46(42)51/h1-24,27-30H,25-26,50-51H2. The highest BCUT2D eigenvalue weighted by atomic mass is 16.1. The van der Waals surface area contributed by atoms with Crippen LogP contribution >= 0.6 is 0 Å². The van der Waals surface area contributed by atoms with Gasteiger partial charge in [0, 0.05) is 35.3 Å². The smallest absolute Gasteiger partial charge is 0.169 e. The second kappa shape index (κ2) is 12.8. The molecule has 1 aliphatic rings. The third-order valence-corrected chi connectivity index (χ3v) is 10.9. The Bertz CT molecular complexity index is 2540. The number of nitrogen functional groups attached to an aromatic ring is 2. The Labute approximate surface area is 308 Å². The lowest BCUT2D eigenvalue weighted by molar-refractivity contribution is 0.0985. The Morgan fingerprint density at radius 3 is 1.15 bits per heavy atom. The van der Waals surface area contributed by atoms with Gasteiger partial charge >= 0.3 is 0 Å². The molecule has 0 saturated heterocycles. The van der Waals surface area contributed by atoms with Gasteiger partial charge in [-0.15, -0.1) is 0 Å². The maximum Gasteiger partial charge on any atom is 0.169 e. The number of rotatable bonds is 8. The van der Waals surface area contributed by atoms with Crippen LogP contribution in [0.3, 0.4) is 0 Å². The van der Waals surface area contributed by atoms with Gasteiger partial charge in [-0.2, -0.15) is 0 Å². The van der Waals surface area contributed by atoms with E-state index in [0.717, 1.165) is 43.8 Å². The number of fused-ring (bicyclic) bond motifs is 5. The van der Waals surface area contributed by atoms with E-state index in [1.807, 2.05) is 72.8 Å². The minimum absolute atomic E-state index is 0.0112. The predicted octanol–water partition coefficient (Wildman–Crippen LogP) is 10.4. The SMILES string of the molecule is Nc1cc2ccccc2cc1C(=O)Cc1ccc(C2(c3ccc(CC(=O)c4cc5ccccc5cc4N)cc3)c3ccccc3-c3ccccc32)cc1. The summed E-state index contributed by atoms with van der Waals surface area (Å²) in [5, 5.41) is 4.02. The van der Waals surface area contributed by atoms with Gasteiger partial charge in [0.15, 0.2) is 11.6 Å². The number of hydrogen-bond acceptors (Lipinski definition) is 4. The Balaban J connectivity index is 1.08. The largest absolute Gasteiger partial charge is 0.398 e. The van der Waals surface area contributed by atoms with Gasteiger partial charge in [-0.3, -0.25) is 9.59 Å². The molecule has 4 heteroatoms. The summed E-state index contributed by atoms with van der Waals surface area (Å²) in [4.78, 5) is 27.2. The summed E-state index contributed by atoms with van der Waals surface area (Å²) in [7, 11) is 0. The van der Waals surface area contributed by atoms with Crippen LogP contribution in [0.4, 0.5) is 11.4 Å². The molecule has 9 rings (SSSR count). The highest BCUT2D eigenvalue weighted by Gasteiger charge is 2.45. The van der Waals surface area contributed by atoms with Gasteiger partial charge in [0.2, 0.25) is 0 Å². The van der Waals surface area contributed by atoms with Crippen LogP contribution in [0.1, 0.15) is 54.1 Å². The van der Waals surface area contributed by atoms with Gasteiger partial charge in [0.1, 0.15) is 0 Å². The fraction of sp³-hybridized carbons (Fsp3) is 0.0612. The normalized spacial score (nSPS) is 12.8. The van der Waals surface area contributed by atoms with Crippen LogP contribution < -0.4 is 11.5 Å². The van der Waals surface area contributed by atoms with Gasteiger partial charge in [0.05, 0.1) is 5.41 Å². The number of anilines is 2. The maximum absolute atomic E-state index is 13.6. The average molecular weight is 685 g/mol. The van der Waals surface area contributed by atoms with Crippen LogP contribution in [0.15, 0.2) is 170 Å². The molecule has 0 aromatic heterocycles. The fourth-order valence-electron chi connectivity index (χ4n) is 8.33. The minimum atomic E-state index is -0.607. The van der Waals surface area contributed by atoms with Crippen molar-refractivity contribution in [1.29, 1.82) is 0 Å². The number of benzene rings is 8. The van der Waals surface area contributed by atoms with E-state index in [9.17, 15) is 9.59 Å². The van der Waals surface area contributed by atoms with Crippen molar-refractivity contribution in [3.8, 4) is 11.1 Å². The van der Waals surface area contributed by atoms with E-state index in [-0.39, 0.29) is 24.4 Å². The van der Waals surface area contributed by atoms with Crippen LogP contribution in [0, 0.1) is 0 Å². The van der Waals surface area contributed by atoms with Gasteiger partial charge in [-0.1, -0.05) is 146 Å². The molecule has 0 unspecified atom stereocenters. The van der Waals surface area contributed by atoms with E-state index in [1.165, 1.54) is 22.3 Å². The number of ketones is 2. The van der Waals surface area contributed by atoms with Crippen molar-refractivity contribution in [2.75, 3.05) is 11.5 Å². The molecule has 0 saturated carbocycles. The van der Waals surface area contributed by atoms with Gasteiger partial charge < -0.3 is 11.5 Å². The minimum Gasteiger partial charge on any atom is -0.398 e. The molecule has 0 heterocycles. The summed E-state index contributed by atoms with van der Waals surface area (Å²) in [6.07, 6.45) is 0.487. The molecule has 0 fully saturated rings. The number of carbonyl (C=O) groups is 2. The summed E-state index contributed by atoms with van der Waals surface area (Å²) < 4.78 is 0. The molecule has 254 valence electrons. The summed E-state index contributed by atoms with van der Waals surface area (Å²) in [6.45, 7) is 0. The molecular formula is C49H36N2O2. The Kier molecular flexibility index (Phi) is 7.74. The highest BCUT2D eigenvalue weighted by Crippen LogP contribution is 2.56. The van der Waals surface area contributed by atoms with Gasteiger partial charge in [0.25, 0.3) is 0 Å². The van der Waals surface area contributed by atoms with Crippen LogP contribution in [-0.2, 0) is 18.3 Å². The third kappa shape index (κ3) is 5.39. The lowest BCUT2D eigenvalue weighted by Crippen LogP contribution is -2.28. The van der Waals surface area contributed by atoms with Crippen molar-refractivity contribution in [3.05, 3.63) is 214 Å². The molecule has 1 aliphatic carbocycles. The summed E-state index contributed by atoms with van der Waals surface area (Å²) in [5.74, 6) is -0.0225. The second-order valence-electron chi connectivity index (χ2n) is 14.0. The molecule has 4 nitrogen and oxygen atoms in total. The van der Waals surface area contributed by atoms with Crippen LogP contribution in [0.25, 0.3) is 32.7 Å². The van der Waals surface area contributed by atoms with E-state index >= 15 is 0 Å². The molecule has 0 atom stereocenters. The molecule has 4 N–H and O–H groups in total. The first-order valence-corrected chi connectivity index (χ1v) is 17.9. The first kappa shape index (κ1) is 32.1. The van der Waals surface area contributed by atoms with Crippen LogP contribution in [0.2, 0.25) is 0 Å². The third-order valence-electron chi connectivity index (χ3n) is 10.9. The first-order valence-electron chi connectivity index (χ1n) is 17.9. The lowest BCUT2D eigenvalue weighted by atomic mass is 9.67. The molecule has 0 aliphatic heterocycles.